The summed E-state index contributed by atoms with van der Waals surface area (Å²) in [5, 5.41) is 12.5. The molecule has 1 unspecified atom stereocenters. The van der Waals surface area contributed by atoms with E-state index < -0.39 is 0 Å². The maximum absolute atomic E-state index is 12.3. The molecular weight excluding hydrogens is 346 g/mol. The van der Waals surface area contributed by atoms with Crippen LogP contribution in [0.2, 0.25) is 0 Å². The Morgan fingerprint density at radius 3 is 2.73 bits per heavy atom. The first kappa shape index (κ1) is 16.5. The molecule has 4 aromatic rings. The Morgan fingerprint density at radius 1 is 1.12 bits per heavy atom. The van der Waals surface area contributed by atoms with Crippen LogP contribution in [0.3, 0.4) is 0 Å². The van der Waals surface area contributed by atoms with E-state index in [0.717, 1.165) is 22.0 Å². The number of thioether (sulfide) groups is 1. The first-order valence-corrected chi connectivity index (χ1v) is 9.18. The van der Waals surface area contributed by atoms with E-state index in [1.165, 1.54) is 11.8 Å². The van der Waals surface area contributed by atoms with Gasteiger partial charge in [0, 0.05) is 17.4 Å². The smallest absolute Gasteiger partial charge is 0.233 e. The van der Waals surface area contributed by atoms with E-state index in [1.54, 1.807) is 0 Å². The van der Waals surface area contributed by atoms with Gasteiger partial charge in [0.2, 0.25) is 11.1 Å². The third-order valence-corrected chi connectivity index (χ3v) is 5.01. The highest BCUT2D eigenvalue weighted by molar-refractivity contribution is 8.00. The molecule has 2 aromatic heterocycles. The molecule has 0 aliphatic heterocycles. The predicted molar refractivity (Wildman–Crippen MR) is 103 cm³/mol. The van der Waals surface area contributed by atoms with Crippen LogP contribution in [0.25, 0.3) is 22.1 Å². The summed E-state index contributed by atoms with van der Waals surface area (Å²) in [5.74, 6) is -0.0563. The number of benzene rings is 2. The van der Waals surface area contributed by atoms with Gasteiger partial charge in [0.1, 0.15) is 5.52 Å². The van der Waals surface area contributed by atoms with Crippen molar-refractivity contribution in [1.29, 1.82) is 0 Å². The molecule has 26 heavy (non-hydrogen) atoms. The van der Waals surface area contributed by atoms with E-state index in [-0.39, 0.29) is 11.2 Å². The number of hydrogen-bond donors (Lipinski definition) is 2. The number of fused-ring (bicyclic) bond motifs is 3. The summed E-state index contributed by atoms with van der Waals surface area (Å²) in [6, 6.07) is 17.7. The van der Waals surface area contributed by atoms with E-state index in [9.17, 15) is 4.79 Å². The summed E-state index contributed by atoms with van der Waals surface area (Å²) in [7, 11) is 0. The molecule has 2 N–H and O–H groups in total. The van der Waals surface area contributed by atoms with E-state index in [2.05, 4.69) is 25.5 Å². The third-order valence-electron chi connectivity index (χ3n) is 4.06. The van der Waals surface area contributed by atoms with Crippen LogP contribution in [0.1, 0.15) is 12.5 Å². The Labute approximate surface area is 154 Å². The monoisotopic (exact) mass is 363 g/mol. The number of carbonyl (C=O) groups excluding carboxylic acids is 1. The third kappa shape index (κ3) is 3.39. The van der Waals surface area contributed by atoms with Crippen LogP contribution >= 0.6 is 11.8 Å². The number of nitrogens with zero attached hydrogens (tertiary/aromatic N) is 3. The molecule has 0 fully saturated rings. The van der Waals surface area contributed by atoms with Crippen LogP contribution in [0.5, 0.6) is 0 Å². The second-order valence-electron chi connectivity index (χ2n) is 5.93. The average molecular weight is 363 g/mol. The molecule has 1 amide bonds. The van der Waals surface area contributed by atoms with Crippen molar-refractivity contribution in [1.82, 2.24) is 25.5 Å². The highest BCUT2D eigenvalue weighted by Gasteiger charge is 2.17. The molecule has 0 saturated heterocycles. The van der Waals surface area contributed by atoms with Gasteiger partial charge in [-0.25, -0.2) is 4.98 Å². The number of carbonyl (C=O) groups is 1. The molecule has 6 nitrogen and oxygen atoms in total. The van der Waals surface area contributed by atoms with Gasteiger partial charge in [-0.2, -0.15) is 0 Å². The van der Waals surface area contributed by atoms with Gasteiger partial charge in [-0.3, -0.25) is 4.79 Å². The second kappa shape index (κ2) is 7.13. The normalized spacial score (nSPS) is 12.3. The molecule has 0 aliphatic rings. The van der Waals surface area contributed by atoms with Gasteiger partial charge in [-0.05, 0) is 18.6 Å². The summed E-state index contributed by atoms with van der Waals surface area (Å²) in [5.41, 5.74) is 3.46. The number of H-pyrrole nitrogens is 1. The molecule has 7 heteroatoms. The predicted octanol–water partition coefficient (Wildman–Crippen LogP) is 3.30. The fourth-order valence-electron chi connectivity index (χ4n) is 2.70. The molecule has 0 saturated carbocycles. The van der Waals surface area contributed by atoms with Crippen molar-refractivity contribution in [2.75, 3.05) is 0 Å². The minimum absolute atomic E-state index is 0.0563. The van der Waals surface area contributed by atoms with Gasteiger partial charge >= 0.3 is 0 Å². The molecule has 2 heterocycles. The number of aromatic amines is 1. The quantitative estimate of drug-likeness (QED) is 0.532. The molecule has 0 radical (unpaired) electrons. The van der Waals surface area contributed by atoms with Crippen molar-refractivity contribution in [2.24, 2.45) is 0 Å². The number of nitrogens with one attached hydrogen (secondary N) is 2. The van der Waals surface area contributed by atoms with Gasteiger partial charge in [-0.1, -0.05) is 60.3 Å². The molecule has 1 atom stereocenters. The lowest BCUT2D eigenvalue weighted by atomic mass is 10.2. The number of para-hydroxylation sites is 1. The Bertz CT molecular complexity index is 1060. The maximum Gasteiger partial charge on any atom is 0.233 e. The van der Waals surface area contributed by atoms with Gasteiger partial charge in [-0.15, -0.1) is 10.2 Å². The van der Waals surface area contributed by atoms with E-state index >= 15 is 0 Å². The summed E-state index contributed by atoms with van der Waals surface area (Å²) < 4.78 is 0. The maximum atomic E-state index is 12.3. The van der Waals surface area contributed by atoms with Gasteiger partial charge in [0.25, 0.3) is 0 Å². The van der Waals surface area contributed by atoms with Crippen LogP contribution in [-0.4, -0.2) is 31.3 Å². The van der Waals surface area contributed by atoms with Crippen LogP contribution in [0, 0.1) is 0 Å². The summed E-state index contributed by atoms with van der Waals surface area (Å²) >= 11 is 1.29. The highest BCUT2D eigenvalue weighted by atomic mass is 32.2. The van der Waals surface area contributed by atoms with Crippen LogP contribution in [0.4, 0.5) is 0 Å². The van der Waals surface area contributed by atoms with E-state index in [4.69, 9.17) is 0 Å². The molecule has 130 valence electrons. The van der Waals surface area contributed by atoms with Crippen molar-refractivity contribution < 1.29 is 4.79 Å². The zero-order chi connectivity index (χ0) is 17.9. The zero-order valence-electron chi connectivity index (χ0n) is 14.1. The lowest BCUT2D eigenvalue weighted by molar-refractivity contribution is -0.120. The van der Waals surface area contributed by atoms with Gasteiger partial charge in [0.05, 0.1) is 5.25 Å². The van der Waals surface area contributed by atoms with Crippen LogP contribution < -0.4 is 5.32 Å². The van der Waals surface area contributed by atoms with Crippen molar-refractivity contribution in [3.63, 3.8) is 0 Å². The van der Waals surface area contributed by atoms with Crippen LogP contribution in [-0.2, 0) is 11.3 Å². The number of amides is 1. The summed E-state index contributed by atoms with van der Waals surface area (Å²) in [4.78, 5) is 20.1. The summed E-state index contributed by atoms with van der Waals surface area (Å²) in [6.07, 6.45) is 0. The largest absolute Gasteiger partial charge is 0.351 e. The molecular formula is C19H17N5OS. The highest BCUT2D eigenvalue weighted by Crippen LogP contribution is 2.24. The molecule has 0 aliphatic carbocycles. The Balaban J connectivity index is 1.45. The zero-order valence-corrected chi connectivity index (χ0v) is 15.0. The van der Waals surface area contributed by atoms with Crippen molar-refractivity contribution in [2.45, 2.75) is 23.9 Å². The Morgan fingerprint density at radius 2 is 1.88 bits per heavy atom. The van der Waals surface area contributed by atoms with Crippen molar-refractivity contribution in [3.8, 4) is 0 Å². The molecule has 4 rings (SSSR count). The average Bonchev–Trinajstić information content (AvgIpc) is 3.04. The standard InChI is InChI=1S/C19H17N5OS/c1-12(18(25)20-11-13-7-3-2-4-8-13)26-19-22-17-16(23-24-19)14-9-5-6-10-15(14)21-17/h2-10,12H,11H2,1H3,(H,20,25)(H,21,22,24). The minimum atomic E-state index is -0.317. The SMILES string of the molecule is CC(Sc1nnc2c(n1)[nH]c1ccccc12)C(=O)NCc1ccccc1. The minimum Gasteiger partial charge on any atom is -0.351 e. The Hall–Kier alpha value is -2.93. The topological polar surface area (TPSA) is 83.6 Å². The number of hydrogen-bond acceptors (Lipinski definition) is 5. The number of rotatable bonds is 5. The van der Waals surface area contributed by atoms with Gasteiger partial charge < -0.3 is 10.3 Å². The lowest BCUT2D eigenvalue weighted by Crippen LogP contribution is -2.30. The van der Waals surface area contributed by atoms with E-state index in [0.29, 0.717) is 17.3 Å². The van der Waals surface area contributed by atoms with Crippen molar-refractivity contribution >= 4 is 39.7 Å². The Kier molecular flexibility index (Phi) is 4.53. The molecule has 0 bridgehead atoms. The van der Waals surface area contributed by atoms with Crippen LogP contribution in [0.15, 0.2) is 59.8 Å². The fourth-order valence-corrected chi connectivity index (χ4v) is 3.43. The molecule has 2 aromatic carbocycles. The number of aromatic nitrogens is 4. The van der Waals surface area contributed by atoms with Gasteiger partial charge in [0.15, 0.2) is 5.65 Å². The van der Waals surface area contributed by atoms with E-state index in [1.807, 2.05) is 61.5 Å². The van der Waals surface area contributed by atoms with Crippen molar-refractivity contribution in [3.05, 3.63) is 60.2 Å². The lowest BCUT2D eigenvalue weighted by Gasteiger charge is -2.10. The first-order chi connectivity index (χ1) is 12.7. The second-order valence-corrected chi connectivity index (χ2v) is 7.23. The molecule has 0 spiro atoms. The fraction of sp³-hybridized carbons (Fsp3) is 0.158. The first-order valence-electron chi connectivity index (χ1n) is 8.30. The summed E-state index contributed by atoms with van der Waals surface area (Å²) in [6.45, 7) is 2.34.